The average molecular weight is 607 g/mol. The molecule has 3 aliphatic heterocycles. The van der Waals surface area contributed by atoms with Gasteiger partial charge in [0.05, 0.1) is 35.3 Å². The van der Waals surface area contributed by atoms with Crippen LogP contribution in [0.4, 0.5) is 15.8 Å². The van der Waals surface area contributed by atoms with Crippen molar-refractivity contribution in [3.8, 4) is 11.9 Å². The highest BCUT2D eigenvalue weighted by Crippen LogP contribution is 2.42. The molecule has 1 amide bonds. The molecule has 226 valence electrons. The number of likely N-dealkylation sites (N-methyl/N-ethyl adjacent to an activating group) is 1. The van der Waals surface area contributed by atoms with Crippen molar-refractivity contribution in [2.45, 2.75) is 57.8 Å². The standard InChI is InChI=1S/C31H36ClFN8O2/c1-5-27(42)40-14-19(3)41(15-18(40)2)29-21-8-10-39(30-23-13-35-37-25(23)11-24(33)28(30)32)16-26(21)36-31(22(29)12-34)43-17-20-7-6-9-38(20)4/h5,11,13,18-20H,1,6-10,14-17H2,2-4H3,(H,35,37)/t18-,19+,20?/m1/s1. The van der Waals surface area contributed by atoms with Gasteiger partial charge in [0.25, 0.3) is 0 Å². The number of nitrogens with zero attached hydrogens (tertiary/aromatic N) is 7. The fourth-order valence-electron chi connectivity index (χ4n) is 6.80. The van der Waals surface area contributed by atoms with Gasteiger partial charge in [-0.2, -0.15) is 10.4 Å². The van der Waals surface area contributed by atoms with Crippen molar-refractivity contribution in [3.05, 3.63) is 52.6 Å². The maximum Gasteiger partial charge on any atom is 0.246 e. The summed E-state index contributed by atoms with van der Waals surface area (Å²) in [4.78, 5) is 25.9. The number of hydrogen-bond donors (Lipinski definition) is 1. The number of ether oxygens (including phenoxy) is 1. The second kappa shape index (κ2) is 11.7. The third kappa shape index (κ3) is 5.17. The van der Waals surface area contributed by atoms with Crippen molar-refractivity contribution in [2.24, 2.45) is 0 Å². The number of carbonyl (C=O) groups is 1. The SMILES string of the molecule is C=CC(=O)N1C[C@H](C)N(c2c(C#N)c(OCC3CCCN3C)nc3c2CCN(c2c(Cl)c(F)cc4[nH]ncc24)C3)C[C@H]1C. The summed E-state index contributed by atoms with van der Waals surface area (Å²) >= 11 is 6.55. The van der Waals surface area contributed by atoms with Crippen molar-refractivity contribution in [1.82, 2.24) is 25.0 Å². The first-order valence-electron chi connectivity index (χ1n) is 14.8. The van der Waals surface area contributed by atoms with Crippen molar-refractivity contribution >= 4 is 39.8 Å². The van der Waals surface area contributed by atoms with E-state index in [9.17, 15) is 14.4 Å². The molecule has 1 N–H and O–H groups in total. The predicted octanol–water partition coefficient (Wildman–Crippen LogP) is 4.27. The zero-order valence-corrected chi connectivity index (χ0v) is 25.5. The number of amides is 1. The third-order valence-electron chi connectivity index (χ3n) is 9.15. The molecule has 12 heteroatoms. The zero-order valence-electron chi connectivity index (χ0n) is 24.7. The van der Waals surface area contributed by atoms with Crippen molar-refractivity contribution < 1.29 is 13.9 Å². The molecule has 2 aromatic heterocycles. The van der Waals surface area contributed by atoms with E-state index in [0.29, 0.717) is 61.9 Å². The van der Waals surface area contributed by atoms with Crippen LogP contribution in [0.2, 0.25) is 5.02 Å². The normalized spacial score (nSPS) is 22.5. The molecule has 3 atom stereocenters. The van der Waals surface area contributed by atoms with Gasteiger partial charge in [-0.25, -0.2) is 9.37 Å². The third-order valence-corrected chi connectivity index (χ3v) is 9.51. The van der Waals surface area contributed by atoms with E-state index >= 15 is 0 Å². The lowest BCUT2D eigenvalue weighted by atomic mass is 9.95. The molecule has 43 heavy (non-hydrogen) atoms. The summed E-state index contributed by atoms with van der Waals surface area (Å²) in [5, 5.41) is 18.3. The van der Waals surface area contributed by atoms with Crippen LogP contribution in [0.25, 0.3) is 10.9 Å². The molecular formula is C31H36ClFN8O2. The van der Waals surface area contributed by atoms with Crippen molar-refractivity contribution in [1.29, 1.82) is 5.26 Å². The number of H-pyrrole nitrogens is 1. The highest BCUT2D eigenvalue weighted by molar-refractivity contribution is 6.35. The quantitative estimate of drug-likeness (QED) is 0.415. The maximum atomic E-state index is 14.9. The van der Waals surface area contributed by atoms with Crippen LogP contribution >= 0.6 is 11.6 Å². The van der Waals surface area contributed by atoms with Crippen LogP contribution < -0.4 is 14.5 Å². The molecule has 0 saturated carbocycles. The average Bonchev–Trinajstić information content (AvgIpc) is 3.64. The lowest BCUT2D eigenvalue weighted by Gasteiger charge is -2.46. The Balaban J connectivity index is 1.43. The monoisotopic (exact) mass is 606 g/mol. The zero-order chi connectivity index (χ0) is 30.4. The van der Waals surface area contributed by atoms with Crippen LogP contribution in [0, 0.1) is 17.1 Å². The first-order valence-corrected chi connectivity index (χ1v) is 15.1. The second-order valence-corrected chi connectivity index (χ2v) is 12.2. The Kier molecular flexibility index (Phi) is 7.92. The van der Waals surface area contributed by atoms with Crippen molar-refractivity contribution in [3.63, 3.8) is 0 Å². The van der Waals surface area contributed by atoms with Crippen LogP contribution in [-0.2, 0) is 17.8 Å². The Morgan fingerprint density at radius 1 is 1.30 bits per heavy atom. The number of rotatable bonds is 6. The largest absolute Gasteiger partial charge is 0.475 e. The summed E-state index contributed by atoms with van der Waals surface area (Å²) in [6.07, 6.45) is 5.70. The van der Waals surface area contributed by atoms with E-state index in [1.54, 1.807) is 6.20 Å². The van der Waals surface area contributed by atoms with Gasteiger partial charge in [-0.3, -0.25) is 9.89 Å². The molecule has 0 bridgehead atoms. The van der Waals surface area contributed by atoms with Crippen molar-refractivity contribution in [2.75, 3.05) is 49.6 Å². The van der Waals surface area contributed by atoms with Crippen LogP contribution in [-0.4, -0.2) is 88.8 Å². The summed E-state index contributed by atoms with van der Waals surface area (Å²) in [5.74, 6) is -0.317. The lowest BCUT2D eigenvalue weighted by Crippen LogP contribution is -2.58. The highest BCUT2D eigenvalue weighted by Gasteiger charge is 2.37. The predicted molar refractivity (Wildman–Crippen MR) is 164 cm³/mol. The fourth-order valence-corrected chi connectivity index (χ4v) is 7.08. The minimum Gasteiger partial charge on any atom is -0.475 e. The fraction of sp³-hybridized carbons (Fsp3) is 0.484. The summed E-state index contributed by atoms with van der Waals surface area (Å²) < 4.78 is 21.2. The van der Waals surface area contributed by atoms with E-state index in [-0.39, 0.29) is 29.1 Å². The molecule has 3 aliphatic rings. The number of aromatic nitrogens is 3. The van der Waals surface area contributed by atoms with Gasteiger partial charge in [-0.15, -0.1) is 0 Å². The first-order chi connectivity index (χ1) is 20.7. The number of benzene rings is 1. The topological polar surface area (TPSA) is 105 Å². The Morgan fingerprint density at radius 3 is 2.84 bits per heavy atom. The number of pyridine rings is 1. The highest BCUT2D eigenvalue weighted by atomic mass is 35.5. The second-order valence-electron chi connectivity index (χ2n) is 11.8. The number of likely N-dealkylation sites (tertiary alicyclic amines) is 1. The molecule has 10 nitrogen and oxygen atoms in total. The van der Waals surface area contributed by atoms with Gasteiger partial charge >= 0.3 is 0 Å². The van der Waals surface area contributed by atoms with E-state index in [1.165, 1.54) is 12.1 Å². The van der Waals surface area contributed by atoms with Crippen LogP contribution in [0.15, 0.2) is 24.9 Å². The smallest absolute Gasteiger partial charge is 0.246 e. The number of fused-ring (bicyclic) bond motifs is 2. The molecule has 1 unspecified atom stereocenters. The van der Waals surface area contributed by atoms with Crippen LogP contribution in [0.1, 0.15) is 43.5 Å². The summed E-state index contributed by atoms with van der Waals surface area (Å²) in [6, 6.07) is 3.87. The first kappa shape index (κ1) is 29.2. The van der Waals surface area contributed by atoms with E-state index in [0.717, 1.165) is 41.7 Å². The number of aromatic amines is 1. The number of piperazine rings is 1. The Hall–Kier alpha value is -3.88. The number of carbonyl (C=O) groups excluding carboxylic acids is 1. The number of nitriles is 1. The molecule has 1 aromatic carbocycles. The molecule has 5 heterocycles. The van der Waals surface area contributed by atoms with Gasteiger partial charge in [-0.1, -0.05) is 18.2 Å². The Bertz CT molecular complexity index is 1620. The molecule has 0 radical (unpaired) electrons. The summed E-state index contributed by atoms with van der Waals surface area (Å²) in [7, 11) is 2.09. The number of halogens is 2. The van der Waals surface area contributed by atoms with E-state index < -0.39 is 5.82 Å². The van der Waals surface area contributed by atoms with E-state index in [1.807, 2.05) is 16.7 Å². The molecule has 6 rings (SSSR count). The number of hydrogen-bond acceptors (Lipinski definition) is 8. The number of anilines is 2. The van der Waals surface area contributed by atoms with Crippen LogP contribution in [0.5, 0.6) is 5.88 Å². The summed E-state index contributed by atoms with van der Waals surface area (Å²) in [6.45, 7) is 11.1. The maximum absolute atomic E-state index is 14.9. The van der Waals surface area contributed by atoms with E-state index in [2.05, 4.69) is 46.6 Å². The Labute approximate surface area is 255 Å². The minimum atomic E-state index is -0.521. The van der Waals surface area contributed by atoms with Gasteiger partial charge in [-0.05, 0) is 52.8 Å². The Morgan fingerprint density at radius 2 is 2.12 bits per heavy atom. The lowest BCUT2D eigenvalue weighted by molar-refractivity contribution is -0.128. The van der Waals surface area contributed by atoms with Gasteiger partial charge in [0.15, 0.2) is 0 Å². The number of nitrogens with one attached hydrogen (secondary N) is 1. The summed E-state index contributed by atoms with van der Waals surface area (Å²) in [5.41, 5.74) is 4.09. The molecular weight excluding hydrogens is 571 g/mol. The molecule has 0 spiro atoms. The van der Waals surface area contributed by atoms with Gasteiger partial charge in [0.1, 0.15) is 29.1 Å². The van der Waals surface area contributed by atoms with Crippen LogP contribution in [0.3, 0.4) is 0 Å². The molecule has 2 fully saturated rings. The van der Waals surface area contributed by atoms with E-state index in [4.69, 9.17) is 21.3 Å². The minimum absolute atomic E-state index is 0.0393. The van der Waals surface area contributed by atoms with Gasteiger partial charge < -0.3 is 24.3 Å². The van der Waals surface area contributed by atoms with Gasteiger partial charge in [0.2, 0.25) is 11.8 Å². The molecule has 3 aromatic rings. The molecule has 2 saturated heterocycles. The molecule has 0 aliphatic carbocycles. The van der Waals surface area contributed by atoms with Gasteiger partial charge in [0, 0.05) is 54.8 Å².